The summed E-state index contributed by atoms with van der Waals surface area (Å²) in [6, 6.07) is 10.8. The highest BCUT2D eigenvalue weighted by molar-refractivity contribution is 6.36. The Labute approximate surface area is 171 Å². The maximum absolute atomic E-state index is 12.8. The van der Waals surface area contributed by atoms with Crippen LogP contribution in [0.1, 0.15) is 17.5 Å². The summed E-state index contributed by atoms with van der Waals surface area (Å²) in [5.41, 5.74) is 2.63. The van der Waals surface area contributed by atoms with Gasteiger partial charge in [0.1, 0.15) is 6.04 Å². The number of aliphatic carboxylic acids is 1. The zero-order valence-corrected chi connectivity index (χ0v) is 16.3. The molecule has 6 nitrogen and oxygen atoms in total. The number of likely N-dealkylation sites (N-methyl/N-ethyl adjacent to an activating group) is 1. The maximum Gasteiger partial charge on any atom is 0.326 e. The van der Waals surface area contributed by atoms with E-state index in [9.17, 15) is 14.7 Å². The van der Waals surface area contributed by atoms with Crippen molar-refractivity contribution in [2.24, 2.45) is 0 Å². The van der Waals surface area contributed by atoms with Gasteiger partial charge in [0, 0.05) is 41.5 Å². The monoisotopic (exact) mass is 415 g/mol. The molecule has 0 saturated heterocycles. The number of carboxylic acids is 1. The molecule has 28 heavy (non-hydrogen) atoms. The Morgan fingerprint density at radius 3 is 2.57 bits per heavy atom. The lowest BCUT2D eigenvalue weighted by Crippen LogP contribution is -2.33. The van der Waals surface area contributed by atoms with E-state index in [1.54, 1.807) is 43.4 Å². The van der Waals surface area contributed by atoms with Gasteiger partial charge in [0.05, 0.1) is 16.7 Å². The highest BCUT2D eigenvalue weighted by Gasteiger charge is 2.29. The van der Waals surface area contributed by atoms with E-state index in [1.165, 1.54) is 11.0 Å². The minimum Gasteiger partial charge on any atom is -0.480 e. The SMILES string of the molecule is CN(C(=O)C=C1CC(C(=O)O)Nc2cc(Cl)cc(Cl)c21)c1ccc(C#N)cc1. The van der Waals surface area contributed by atoms with E-state index in [0.717, 1.165) is 0 Å². The summed E-state index contributed by atoms with van der Waals surface area (Å²) in [5.74, 6) is -1.39. The molecule has 0 aromatic heterocycles. The van der Waals surface area contributed by atoms with Gasteiger partial charge >= 0.3 is 5.97 Å². The first-order valence-corrected chi connectivity index (χ1v) is 9.03. The van der Waals surface area contributed by atoms with Gasteiger partial charge in [-0.25, -0.2) is 4.79 Å². The van der Waals surface area contributed by atoms with Crippen molar-refractivity contribution in [1.82, 2.24) is 0 Å². The van der Waals surface area contributed by atoms with Crippen LogP contribution in [-0.2, 0) is 9.59 Å². The van der Waals surface area contributed by atoms with Gasteiger partial charge in [-0.3, -0.25) is 4.79 Å². The number of hydrogen-bond donors (Lipinski definition) is 2. The Morgan fingerprint density at radius 1 is 1.29 bits per heavy atom. The standard InChI is InChI=1S/C20H15Cl2N3O3/c1-25(14-4-2-11(10-23)3-5-14)18(26)7-12-6-17(20(27)28)24-16-9-13(21)8-15(22)19(12)16/h2-5,7-9,17,24H,6H2,1H3,(H,27,28). The van der Waals surface area contributed by atoms with E-state index >= 15 is 0 Å². The topological polar surface area (TPSA) is 93.4 Å². The molecule has 8 heteroatoms. The van der Waals surface area contributed by atoms with Crippen LogP contribution < -0.4 is 10.2 Å². The fraction of sp³-hybridized carbons (Fsp3) is 0.150. The van der Waals surface area contributed by atoms with Crippen LogP contribution in [-0.4, -0.2) is 30.1 Å². The third-order valence-electron chi connectivity index (χ3n) is 4.44. The summed E-state index contributed by atoms with van der Waals surface area (Å²) < 4.78 is 0. The van der Waals surface area contributed by atoms with E-state index < -0.39 is 12.0 Å². The van der Waals surface area contributed by atoms with Gasteiger partial charge in [0.2, 0.25) is 0 Å². The third kappa shape index (κ3) is 3.96. The van der Waals surface area contributed by atoms with Crippen LogP contribution in [0, 0.1) is 11.3 Å². The van der Waals surface area contributed by atoms with E-state index in [4.69, 9.17) is 28.5 Å². The number of fused-ring (bicyclic) bond motifs is 1. The zero-order chi connectivity index (χ0) is 20.4. The molecule has 2 aromatic rings. The van der Waals surface area contributed by atoms with Crippen LogP contribution in [0.15, 0.2) is 42.5 Å². The zero-order valence-electron chi connectivity index (χ0n) is 14.7. The largest absolute Gasteiger partial charge is 0.480 e. The lowest BCUT2D eigenvalue weighted by molar-refractivity contribution is -0.137. The lowest BCUT2D eigenvalue weighted by Gasteiger charge is -2.28. The van der Waals surface area contributed by atoms with Crippen molar-refractivity contribution < 1.29 is 14.7 Å². The molecule has 0 spiro atoms. The number of nitrogens with one attached hydrogen (secondary N) is 1. The second-order valence-electron chi connectivity index (χ2n) is 6.27. The number of hydrogen-bond acceptors (Lipinski definition) is 4. The number of carbonyl (C=O) groups excluding carboxylic acids is 1. The summed E-state index contributed by atoms with van der Waals surface area (Å²) in [6.45, 7) is 0. The van der Waals surface area contributed by atoms with Gasteiger partial charge in [0.25, 0.3) is 5.91 Å². The van der Waals surface area contributed by atoms with Crippen LogP contribution in [0.2, 0.25) is 10.0 Å². The fourth-order valence-corrected chi connectivity index (χ4v) is 3.60. The van der Waals surface area contributed by atoms with E-state index in [0.29, 0.717) is 38.1 Å². The molecular weight excluding hydrogens is 401 g/mol. The molecule has 1 amide bonds. The van der Waals surface area contributed by atoms with Gasteiger partial charge < -0.3 is 15.3 Å². The number of nitrogens with zero attached hydrogens (tertiary/aromatic N) is 2. The molecule has 0 radical (unpaired) electrons. The second-order valence-corrected chi connectivity index (χ2v) is 7.12. The number of carbonyl (C=O) groups is 2. The Balaban J connectivity index is 1.98. The third-order valence-corrected chi connectivity index (χ3v) is 4.96. The fourth-order valence-electron chi connectivity index (χ4n) is 2.99. The second kappa shape index (κ2) is 7.93. The van der Waals surface area contributed by atoms with Gasteiger partial charge in [-0.1, -0.05) is 23.2 Å². The number of carboxylic acid groups (broad SMARTS) is 1. The molecule has 1 heterocycles. The molecule has 0 aliphatic carbocycles. The highest BCUT2D eigenvalue weighted by atomic mass is 35.5. The summed E-state index contributed by atoms with van der Waals surface area (Å²) in [4.78, 5) is 25.7. The predicted octanol–water partition coefficient (Wildman–Crippen LogP) is 4.18. The number of rotatable bonds is 3. The van der Waals surface area contributed by atoms with Gasteiger partial charge in [-0.2, -0.15) is 5.26 Å². The molecule has 0 bridgehead atoms. The Kier molecular flexibility index (Phi) is 5.59. The van der Waals surface area contributed by atoms with Crippen molar-refractivity contribution in [3.63, 3.8) is 0 Å². The first-order valence-electron chi connectivity index (χ1n) is 8.27. The Hall–Kier alpha value is -3.01. The molecular formula is C20H15Cl2N3O3. The average Bonchev–Trinajstić information content (AvgIpc) is 2.66. The number of benzene rings is 2. The van der Waals surface area contributed by atoms with Crippen molar-refractivity contribution in [2.75, 3.05) is 17.3 Å². The Morgan fingerprint density at radius 2 is 1.96 bits per heavy atom. The van der Waals surface area contributed by atoms with E-state index in [1.807, 2.05) is 6.07 Å². The van der Waals surface area contributed by atoms with Crippen LogP contribution in [0.25, 0.3) is 5.57 Å². The summed E-state index contributed by atoms with van der Waals surface area (Å²) in [6.07, 6.45) is 1.48. The quantitative estimate of drug-likeness (QED) is 0.733. The minimum absolute atomic E-state index is 0.0939. The van der Waals surface area contributed by atoms with Gasteiger partial charge in [-0.15, -0.1) is 0 Å². The highest BCUT2D eigenvalue weighted by Crippen LogP contribution is 2.40. The lowest BCUT2D eigenvalue weighted by atomic mass is 9.91. The normalized spacial score (nSPS) is 16.6. The van der Waals surface area contributed by atoms with Gasteiger partial charge in [-0.05, 0) is 42.0 Å². The van der Waals surface area contributed by atoms with Crippen molar-refractivity contribution in [3.05, 3.63) is 63.6 Å². The summed E-state index contributed by atoms with van der Waals surface area (Å²) >= 11 is 12.3. The molecule has 2 aromatic carbocycles. The minimum atomic E-state index is -1.04. The number of amides is 1. The smallest absolute Gasteiger partial charge is 0.326 e. The van der Waals surface area contributed by atoms with Crippen molar-refractivity contribution >= 4 is 52.0 Å². The number of halogens is 2. The molecule has 142 valence electrons. The van der Waals surface area contributed by atoms with E-state index in [2.05, 4.69) is 5.32 Å². The predicted molar refractivity (Wildman–Crippen MR) is 109 cm³/mol. The maximum atomic E-state index is 12.8. The van der Waals surface area contributed by atoms with Crippen LogP contribution in [0.3, 0.4) is 0 Å². The molecule has 3 rings (SSSR count). The summed E-state index contributed by atoms with van der Waals surface area (Å²) in [7, 11) is 1.60. The molecule has 0 saturated carbocycles. The first-order chi connectivity index (χ1) is 13.3. The molecule has 2 N–H and O–H groups in total. The number of nitriles is 1. The molecule has 1 atom stereocenters. The van der Waals surface area contributed by atoms with E-state index in [-0.39, 0.29) is 12.3 Å². The van der Waals surface area contributed by atoms with Gasteiger partial charge in [0.15, 0.2) is 0 Å². The molecule has 1 unspecified atom stereocenters. The van der Waals surface area contributed by atoms with Crippen molar-refractivity contribution in [2.45, 2.75) is 12.5 Å². The van der Waals surface area contributed by atoms with Crippen LogP contribution in [0.5, 0.6) is 0 Å². The van der Waals surface area contributed by atoms with Crippen molar-refractivity contribution in [3.8, 4) is 6.07 Å². The number of anilines is 2. The van der Waals surface area contributed by atoms with Crippen LogP contribution in [0.4, 0.5) is 11.4 Å². The van der Waals surface area contributed by atoms with Crippen molar-refractivity contribution in [1.29, 1.82) is 5.26 Å². The Bertz CT molecular complexity index is 1030. The molecule has 0 fully saturated rings. The average molecular weight is 416 g/mol. The molecule has 1 aliphatic heterocycles. The first kappa shape index (κ1) is 19.7. The van der Waals surface area contributed by atoms with Crippen LogP contribution >= 0.6 is 23.2 Å². The summed E-state index contributed by atoms with van der Waals surface area (Å²) in [5, 5.41) is 21.9. The molecule has 1 aliphatic rings.